The van der Waals surface area contributed by atoms with E-state index in [1.807, 2.05) is 54.7 Å². The normalized spacial score (nSPS) is 14.1. The highest BCUT2D eigenvalue weighted by Gasteiger charge is 2.21. The minimum absolute atomic E-state index is 0.0929. The maximum absolute atomic E-state index is 12.6. The topological polar surface area (TPSA) is 74.2 Å². The molecule has 3 aromatic heterocycles. The molecule has 5 rings (SSSR count). The van der Waals surface area contributed by atoms with Crippen LogP contribution in [0.5, 0.6) is 0 Å². The Kier molecular flexibility index (Phi) is 5.45. The van der Waals surface area contributed by atoms with E-state index in [0.717, 1.165) is 52.9 Å². The monoisotopic (exact) mass is 430 g/mol. The van der Waals surface area contributed by atoms with Gasteiger partial charge in [-0.2, -0.15) is 0 Å². The van der Waals surface area contributed by atoms with Crippen LogP contribution >= 0.6 is 11.3 Å². The van der Waals surface area contributed by atoms with Crippen molar-refractivity contribution in [1.82, 2.24) is 20.3 Å². The number of rotatable bonds is 5. The second-order valence-electron chi connectivity index (χ2n) is 7.38. The van der Waals surface area contributed by atoms with E-state index in [1.54, 1.807) is 23.7 Å². The van der Waals surface area contributed by atoms with Crippen LogP contribution < -0.4 is 15.1 Å². The molecule has 0 bridgehead atoms. The van der Waals surface area contributed by atoms with Crippen molar-refractivity contribution in [2.75, 3.05) is 36.0 Å². The summed E-state index contributed by atoms with van der Waals surface area (Å²) in [5.41, 5.74) is 2.55. The Morgan fingerprint density at radius 3 is 2.65 bits per heavy atom. The van der Waals surface area contributed by atoms with Gasteiger partial charge in [0.05, 0.1) is 10.2 Å². The van der Waals surface area contributed by atoms with Crippen molar-refractivity contribution < 1.29 is 4.79 Å². The van der Waals surface area contributed by atoms with Crippen LogP contribution in [-0.2, 0) is 6.54 Å². The molecule has 1 saturated heterocycles. The predicted molar refractivity (Wildman–Crippen MR) is 124 cm³/mol. The summed E-state index contributed by atoms with van der Waals surface area (Å²) in [7, 11) is 0. The number of thiazole rings is 1. The van der Waals surface area contributed by atoms with E-state index in [0.29, 0.717) is 12.1 Å². The first-order valence-electron chi connectivity index (χ1n) is 10.2. The number of carbonyl (C=O) groups excluding carboxylic acids is 1. The number of carbonyl (C=O) groups is 1. The third kappa shape index (κ3) is 4.34. The zero-order valence-electron chi connectivity index (χ0n) is 16.9. The van der Waals surface area contributed by atoms with Crippen LogP contribution in [0.15, 0.2) is 67.1 Å². The average molecular weight is 431 g/mol. The van der Waals surface area contributed by atoms with E-state index in [9.17, 15) is 4.79 Å². The molecule has 7 nitrogen and oxygen atoms in total. The molecule has 1 amide bonds. The van der Waals surface area contributed by atoms with Gasteiger partial charge in [-0.15, -0.1) is 0 Å². The molecule has 0 atom stereocenters. The summed E-state index contributed by atoms with van der Waals surface area (Å²) in [6.07, 6.45) is 5.31. The molecule has 0 aliphatic carbocycles. The van der Waals surface area contributed by atoms with Crippen molar-refractivity contribution in [1.29, 1.82) is 0 Å². The van der Waals surface area contributed by atoms with E-state index in [2.05, 4.69) is 25.1 Å². The fourth-order valence-corrected chi connectivity index (χ4v) is 4.70. The Balaban J connectivity index is 1.25. The van der Waals surface area contributed by atoms with Crippen molar-refractivity contribution in [2.24, 2.45) is 0 Å². The molecule has 31 heavy (non-hydrogen) atoms. The van der Waals surface area contributed by atoms with Gasteiger partial charge in [0.1, 0.15) is 5.82 Å². The number of anilines is 2. The molecule has 0 spiro atoms. The smallest absolute Gasteiger partial charge is 0.251 e. The predicted octanol–water partition coefficient (Wildman–Crippen LogP) is 3.34. The first-order chi connectivity index (χ1) is 15.3. The maximum atomic E-state index is 12.6. The van der Waals surface area contributed by atoms with E-state index in [1.165, 1.54) is 0 Å². The van der Waals surface area contributed by atoms with Crippen LogP contribution in [0, 0.1) is 0 Å². The molecule has 1 aliphatic rings. The Hall–Kier alpha value is -3.52. The van der Waals surface area contributed by atoms with Gasteiger partial charge in [-0.1, -0.05) is 23.5 Å². The van der Waals surface area contributed by atoms with Crippen LogP contribution in [0.1, 0.15) is 15.9 Å². The highest BCUT2D eigenvalue weighted by Crippen LogP contribution is 2.30. The number of hydrogen-bond donors (Lipinski definition) is 1. The first kappa shape index (κ1) is 19.4. The second-order valence-corrected chi connectivity index (χ2v) is 8.39. The zero-order valence-corrected chi connectivity index (χ0v) is 17.8. The largest absolute Gasteiger partial charge is 0.353 e. The van der Waals surface area contributed by atoms with E-state index >= 15 is 0 Å². The summed E-state index contributed by atoms with van der Waals surface area (Å²) in [6, 6.07) is 15.5. The first-order valence-corrected chi connectivity index (χ1v) is 11.1. The van der Waals surface area contributed by atoms with Crippen LogP contribution in [0.4, 0.5) is 10.9 Å². The van der Waals surface area contributed by atoms with Crippen molar-refractivity contribution in [3.8, 4) is 0 Å². The molecule has 1 aliphatic heterocycles. The quantitative estimate of drug-likeness (QED) is 0.524. The molecule has 4 aromatic rings. The second kappa shape index (κ2) is 8.69. The molecule has 1 fully saturated rings. The average Bonchev–Trinajstić information content (AvgIpc) is 3.27. The summed E-state index contributed by atoms with van der Waals surface area (Å²) in [5.74, 6) is 0.929. The van der Waals surface area contributed by atoms with Gasteiger partial charge >= 0.3 is 0 Å². The van der Waals surface area contributed by atoms with Gasteiger partial charge in [-0.25, -0.2) is 9.97 Å². The van der Waals surface area contributed by atoms with Gasteiger partial charge in [0, 0.05) is 56.9 Å². The Labute approximate surface area is 184 Å². The van der Waals surface area contributed by atoms with Crippen LogP contribution in [0.3, 0.4) is 0 Å². The fraction of sp³-hybridized carbons (Fsp3) is 0.217. The molecular formula is C23H22N6OS. The summed E-state index contributed by atoms with van der Waals surface area (Å²) in [5, 5.41) is 3.96. The molecule has 0 radical (unpaired) electrons. The standard InChI is InChI=1S/C23H22N6OS/c30-22(26-16-17-4-3-8-24-15-17)18-6-7-19-20(14-18)31-23(27-19)29-12-10-28(11-13-29)21-5-1-2-9-25-21/h1-9,14-15H,10-13,16H2,(H,26,30). The van der Waals surface area contributed by atoms with Crippen molar-refractivity contribution in [2.45, 2.75) is 6.54 Å². The number of piperazine rings is 1. The van der Waals surface area contributed by atoms with Crippen LogP contribution in [0.25, 0.3) is 10.2 Å². The third-order valence-electron chi connectivity index (χ3n) is 5.34. The lowest BCUT2D eigenvalue weighted by atomic mass is 10.2. The lowest BCUT2D eigenvalue weighted by Crippen LogP contribution is -2.46. The molecular weight excluding hydrogens is 408 g/mol. The van der Waals surface area contributed by atoms with Gasteiger partial charge in [0.25, 0.3) is 5.91 Å². The van der Waals surface area contributed by atoms with Gasteiger partial charge in [-0.3, -0.25) is 9.78 Å². The summed E-state index contributed by atoms with van der Waals surface area (Å²) in [6.45, 7) is 4.08. The SMILES string of the molecule is O=C(NCc1cccnc1)c1ccc2nc(N3CCN(c4ccccn4)CC3)sc2c1. The number of amides is 1. The summed E-state index contributed by atoms with van der Waals surface area (Å²) < 4.78 is 1.02. The highest BCUT2D eigenvalue weighted by molar-refractivity contribution is 7.22. The maximum Gasteiger partial charge on any atom is 0.251 e. The number of aromatic nitrogens is 3. The van der Waals surface area contributed by atoms with Gasteiger partial charge in [-0.05, 0) is 42.0 Å². The molecule has 156 valence electrons. The number of hydrogen-bond acceptors (Lipinski definition) is 7. The molecule has 8 heteroatoms. The molecule has 1 N–H and O–H groups in total. The Morgan fingerprint density at radius 2 is 1.87 bits per heavy atom. The fourth-order valence-electron chi connectivity index (χ4n) is 3.64. The number of nitrogens with one attached hydrogen (secondary N) is 1. The minimum atomic E-state index is -0.0929. The molecule has 4 heterocycles. The van der Waals surface area contributed by atoms with Crippen molar-refractivity contribution in [3.63, 3.8) is 0 Å². The molecule has 0 saturated carbocycles. The lowest BCUT2D eigenvalue weighted by Gasteiger charge is -2.35. The van der Waals surface area contributed by atoms with E-state index in [-0.39, 0.29) is 5.91 Å². The van der Waals surface area contributed by atoms with E-state index < -0.39 is 0 Å². The molecule has 0 unspecified atom stereocenters. The number of pyridine rings is 2. The Bertz CT molecular complexity index is 1170. The minimum Gasteiger partial charge on any atom is -0.353 e. The number of fused-ring (bicyclic) bond motifs is 1. The summed E-state index contributed by atoms with van der Waals surface area (Å²) >= 11 is 1.64. The van der Waals surface area contributed by atoms with E-state index in [4.69, 9.17) is 4.98 Å². The van der Waals surface area contributed by atoms with Gasteiger partial charge in [0.2, 0.25) is 0 Å². The van der Waals surface area contributed by atoms with Crippen LogP contribution in [0.2, 0.25) is 0 Å². The Morgan fingerprint density at radius 1 is 1.00 bits per heavy atom. The van der Waals surface area contributed by atoms with Gasteiger partial charge in [0.15, 0.2) is 5.13 Å². The van der Waals surface area contributed by atoms with Crippen molar-refractivity contribution >= 4 is 38.4 Å². The lowest BCUT2D eigenvalue weighted by molar-refractivity contribution is 0.0951. The number of benzene rings is 1. The molecule has 1 aromatic carbocycles. The zero-order chi connectivity index (χ0) is 21.0. The van der Waals surface area contributed by atoms with Gasteiger partial charge < -0.3 is 15.1 Å². The van der Waals surface area contributed by atoms with Crippen LogP contribution in [-0.4, -0.2) is 47.0 Å². The number of nitrogens with zero attached hydrogens (tertiary/aromatic N) is 5. The van der Waals surface area contributed by atoms with Crippen molar-refractivity contribution in [3.05, 3.63) is 78.2 Å². The highest BCUT2D eigenvalue weighted by atomic mass is 32.1. The third-order valence-corrected chi connectivity index (χ3v) is 6.42. The summed E-state index contributed by atoms with van der Waals surface area (Å²) in [4.78, 5) is 30.5.